The lowest BCUT2D eigenvalue weighted by molar-refractivity contribution is 0.134. The lowest BCUT2D eigenvalue weighted by Gasteiger charge is -2.19. The van der Waals surface area contributed by atoms with E-state index < -0.39 is 12.2 Å². The lowest BCUT2D eigenvalue weighted by atomic mass is 9.87. The van der Waals surface area contributed by atoms with E-state index in [0.29, 0.717) is 12.8 Å². The first kappa shape index (κ1) is 17.5. The molecule has 1 aromatic rings. The Kier molecular flexibility index (Phi) is 5.34. The molecule has 2 N–H and O–H groups in total. The Morgan fingerprint density at radius 2 is 2.25 bits per heavy atom. The first-order valence-corrected chi connectivity index (χ1v) is 9.21. The summed E-state index contributed by atoms with van der Waals surface area (Å²) in [5, 5.41) is 20.7. The first-order chi connectivity index (χ1) is 11.5. The van der Waals surface area contributed by atoms with Gasteiger partial charge in [-0.25, -0.2) is 0 Å². The molecule has 1 aromatic carbocycles. The van der Waals surface area contributed by atoms with Crippen LogP contribution in [0.5, 0.6) is 5.75 Å². The van der Waals surface area contributed by atoms with Crippen molar-refractivity contribution >= 4 is 15.9 Å². The molecule has 4 heteroatoms. The first-order valence-electron chi connectivity index (χ1n) is 8.42. The van der Waals surface area contributed by atoms with Crippen LogP contribution in [-0.4, -0.2) is 28.5 Å². The van der Waals surface area contributed by atoms with E-state index in [1.165, 1.54) is 0 Å². The number of benzene rings is 1. The number of rotatable bonds is 4. The molecule has 6 atom stereocenters. The van der Waals surface area contributed by atoms with Gasteiger partial charge in [-0.15, -0.1) is 11.8 Å². The van der Waals surface area contributed by atoms with E-state index in [0.717, 1.165) is 15.8 Å². The summed E-state index contributed by atoms with van der Waals surface area (Å²) in [6.45, 7) is 3.79. The molecule has 0 spiro atoms. The van der Waals surface area contributed by atoms with Crippen LogP contribution < -0.4 is 4.74 Å². The molecule has 1 saturated carbocycles. The molecule has 2 aliphatic rings. The molecule has 1 fully saturated rings. The van der Waals surface area contributed by atoms with Gasteiger partial charge in [0.05, 0.1) is 16.7 Å². The van der Waals surface area contributed by atoms with Gasteiger partial charge in [0.25, 0.3) is 0 Å². The second kappa shape index (κ2) is 7.31. The van der Waals surface area contributed by atoms with E-state index in [4.69, 9.17) is 4.74 Å². The average molecular weight is 391 g/mol. The van der Waals surface area contributed by atoms with E-state index in [-0.39, 0.29) is 23.9 Å². The van der Waals surface area contributed by atoms with Crippen LogP contribution in [0.4, 0.5) is 0 Å². The minimum absolute atomic E-state index is 0.00359. The van der Waals surface area contributed by atoms with Crippen LogP contribution in [0, 0.1) is 23.7 Å². The zero-order chi connectivity index (χ0) is 17.3. The van der Waals surface area contributed by atoms with Crippen LogP contribution in [0.25, 0.3) is 0 Å². The van der Waals surface area contributed by atoms with Gasteiger partial charge >= 0.3 is 0 Å². The van der Waals surface area contributed by atoms with Crippen LogP contribution in [0.2, 0.25) is 0 Å². The summed E-state index contributed by atoms with van der Waals surface area (Å²) in [5.74, 6) is 6.93. The van der Waals surface area contributed by atoms with Crippen LogP contribution in [0.1, 0.15) is 38.2 Å². The second-order valence-electron chi connectivity index (χ2n) is 6.70. The van der Waals surface area contributed by atoms with Gasteiger partial charge in [0.1, 0.15) is 11.9 Å². The van der Waals surface area contributed by atoms with Gasteiger partial charge in [0.2, 0.25) is 0 Å². The molecule has 128 valence electrons. The number of ether oxygens (including phenoxy) is 1. The van der Waals surface area contributed by atoms with Gasteiger partial charge in [-0.3, -0.25) is 0 Å². The summed E-state index contributed by atoms with van der Waals surface area (Å²) >= 11 is 3.54. The molecule has 0 bridgehead atoms. The van der Waals surface area contributed by atoms with Crippen LogP contribution in [0.3, 0.4) is 0 Å². The molecule has 3 nitrogen and oxygen atoms in total. The number of para-hydroxylation sites is 1. The highest BCUT2D eigenvalue weighted by Gasteiger charge is 2.48. The van der Waals surface area contributed by atoms with E-state index in [1.54, 1.807) is 6.92 Å². The smallest absolute Gasteiger partial charge is 0.137 e. The van der Waals surface area contributed by atoms with Gasteiger partial charge in [-0.05, 0) is 34.8 Å². The molecule has 3 rings (SSSR count). The number of hydrogen-bond acceptors (Lipinski definition) is 3. The predicted molar refractivity (Wildman–Crippen MR) is 97.8 cm³/mol. The third-order valence-electron chi connectivity index (χ3n) is 5.07. The van der Waals surface area contributed by atoms with Gasteiger partial charge in [-0.2, -0.15) is 0 Å². The summed E-state index contributed by atoms with van der Waals surface area (Å²) in [7, 11) is 0. The van der Waals surface area contributed by atoms with Gasteiger partial charge in [0.15, 0.2) is 0 Å². The minimum atomic E-state index is -0.554. The third kappa shape index (κ3) is 3.26. The number of halogens is 1. The van der Waals surface area contributed by atoms with Crippen molar-refractivity contribution in [3.8, 4) is 17.6 Å². The highest BCUT2D eigenvalue weighted by atomic mass is 79.9. The highest BCUT2D eigenvalue weighted by molar-refractivity contribution is 9.10. The lowest BCUT2D eigenvalue weighted by Crippen LogP contribution is -2.19. The third-order valence-corrected chi connectivity index (χ3v) is 5.70. The molecule has 0 aromatic heterocycles. The van der Waals surface area contributed by atoms with Crippen molar-refractivity contribution in [1.29, 1.82) is 0 Å². The van der Waals surface area contributed by atoms with Crippen LogP contribution >= 0.6 is 15.9 Å². The molecule has 1 aliphatic heterocycles. The van der Waals surface area contributed by atoms with Crippen molar-refractivity contribution in [2.75, 3.05) is 0 Å². The summed E-state index contributed by atoms with van der Waals surface area (Å²) in [6, 6.07) is 6.04. The Bertz CT molecular complexity index is 688. The fourth-order valence-corrected chi connectivity index (χ4v) is 4.16. The van der Waals surface area contributed by atoms with Crippen molar-refractivity contribution in [2.45, 2.75) is 50.9 Å². The Balaban J connectivity index is 1.77. The molecule has 0 amide bonds. The van der Waals surface area contributed by atoms with E-state index in [2.05, 4.69) is 33.8 Å². The molecular weight excluding hydrogens is 368 g/mol. The SMILES string of the molecule is CC#CCC(C)[C@H](O)/C=C/[C@@H]1[C@H]2c3cccc(Br)c3O[C@H]2C[C@H]1O. The number of hydrogen-bond donors (Lipinski definition) is 2. The molecular formula is C20H23BrO3. The molecule has 24 heavy (non-hydrogen) atoms. The zero-order valence-electron chi connectivity index (χ0n) is 13.9. The fraction of sp³-hybridized carbons (Fsp3) is 0.500. The maximum Gasteiger partial charge on any atom is 0.137 e. The van der Waals surface area contributed by atoms with Crippen LogP contribution in [-0.2, 0) is 0 Å². The van der Waals surface area contributed by atoms with Gasteiger partial charge in [0, 0.05) is 30.2 Å². The van der Waals surface area contributed by atoms with E-state index in [9.17, 15) is 10.2 Å². The number of aliphatic hydroxyl groups is 2. The van der Waals surface area contributed by atoms with Crippen molar-refractivity contribution in [3.63, 3.8) is 0 Å². The second-order valence-corrected chi connectivity index (χ2v) is 7.56. The number of fused-ring (bicyclic) bond motifs is 3. The summed E-state index contributed by atoms with van der Waals surface area (Å²) in [5.41, 5.74) is 1.14. The monoisotopic (exact) mass is 390 g/mol. The Hall–Kier alpha value is -1.28. The largest absolute Gasteiger partial charge is 0.488 e. The standard InChI is InChI=1S/C20H23BrO3/c1-3-4-6-12(2)16(22)10-9-13-17(23)11-18-19(13)14-7-5-8-15(21)20(14)24-18/h5,7-10,12-13,16-19,22-23H,6,11H2,1-2H3/b10-9+/t12?,13-,16+,17+,18-,19-/m0/s1. The quantitative estimate of drug-likeness (QED) is 0.609. The van der Waals surface area contributed by atoms with Crippen molar-refractivity contribution in [3.05, 3.63) is 40.4 Å². The zero-order valence-corrected chi connectivity index (χ0v) is 15.5. The van der Waals surface area contributed by atoms with Crippen molar-refractivity contribution in [1.82, 2.24) is 0 Å². The molecule has 1 aliphatic carbocycles. The fourth-order valence-electron chi connectivity index (χ4n) is 3.69. The van der Waals surface area contributed by atoms with E-state index in [1.807, 2.05) is 31.2 Å². The molecule has 0 radical (unpaired) electrons. The van der Waals surface area contributed by atoms with Crippen molar-refractivity contribution < 1.29 is 14.9 Å². The summed E-state index contributed by atoms with van der Waals surface area (Å²) in [6.07, 6.45) is 4.07. The maximum absolute atomic E-state index is 10.4. The summed E-state index contributed by atoms with van der Waals surface area (Å²) in [4.78, 5) is 0. The van der Waals surface area contributed by atoms with Gasteiger partial charge in [-0.1, -0.05) is 31.2 Å². The van der Waals surface area contributed by atoms with Gasteiger partial charge < -0.3 is 14.9 Å². The maximum atomic E-state index is 10.4. The Morgan fingerprint density at radius 1 is 1.46 bits per heavy atom. The molecule has 1 heterocycles. The summed E-state index contributed by atoms with van der Waals surface area (Å²) < 4.78 is 7.01. The average Bonchev–Trinajstić information content (AvgIpc) is 3.06. The normalized spacial score (nSPS) is 30.2. The van der Waals surface area contributed by atoms with Crippen LogP contribution in [0.15, 0.2) is 34.8 Å². The number of aliphatic hydroxyl groups excluding tert-OH is 2. The highest BCUT2D eigenvalue weighted by Crippen LogP contribution is 2.52. The Labute approximate surface area is 151 Å². The predicted octanol–water partition coefficient (Wildman–Crippen LogP) is 3.64. The van der Waals surface area contributed by atoms with E-state index >= 15 is 0 Å². The Morgan fingerprint density at radius 3 is 3.00 bits per heavy atom. The molecule has 1 unspecified atom stereocenters. The minimum Gasteiger partial charge on any atom is -0.488 e. The van der Waals surface area contributed by atoms with Crippen molar-refractivity contribution in [2.24, 2.45) is 11.8 Å². The molecule has 0 saturated heterocycles. The topological polar surface area (TPSA) is 49.7 Å².